The van der Waals surface area contributed by atoms with Gasteiger partial charge in [-0.25, -0.2) is 14.4 Å². The number of aromatic nitrogens is 3. The first-order chi connectivity index (χ1) is 14.5. The highest BCUT2D eigenvalue weighted by Gasteiger charge is 2.26. The number of hydrogen-bond donors (Lipinski definition) is 3. The third kappa shape index (κ3) is 4.22. The molecule has 3 N–H and O–H groups in total. The molecule has 30 heavy (non-hydrogen) atoms. The van der Waals surface area contributed by atoms with Gasteiger partial charge in [-0.15, -0.1) is 0 Å². The molecule has 1 aromatic carbocycles. The molecule has 4 rings (SSSR count). The number of nitrogens with one attached hydrogen (secondary N) is 2. The van der Waals surface area contributed by atoms with Gasteiger partial charge >= 0.3 is 5.97 Å². The maximum atomic E-state index is 14.5. The van der Waals surface area contributed by atoms with Crippen LogP contribution in [0.1, 0.15) is 25.7 Å². The van der Waals surface area contributed by atoms with Crippen molar-refractivity contribution in [2.45, 2.75) is 31.7 Å². The molecule has 2 aromatic heterocycles. The second-order valence-electron chi connectivity index (χ2n) is 7.42. The first kappa shape index (κ1) is 19.8. The number of hydrogen-bond acceptors (Lipinski definition) is 5. The molecule has 0 unspecified atom stereocenters. The summed E-state index contributed by atoms with van der Waals surface area (Å²) in [6.45, 7) is 0. The minimum absolute atomic E-state index is 0.0492. The number of nitrogens with zero attached hydrogens (tertiary/aromatic N) is 2. The van der Waals surface area contributed by atoms with Crippen molar-refractivity contribution >= 4 is 11.9 Å². The molecule has 0 saturated heterocycles. The van der Waals surface area contributed by atoms with Crippen molar-refractivity contribution in [3.8, 4) is 22.4 Å². The van der Waals surface area contributed by atoms with Gasteiger partial charge in [0.1, 0.15) is 5.69 Å². The quantitative estimate of drug-likeness (QED) is 0.594. The fourth-order valence-electron chi connectivity index (χ4n) is 3.79. The number of carboxylic acids is 1. The standard InChI is InChI=1S/C22H21FN4O3/c23-18-12-25-22(26-16-8-6-13(7-9-16)21(29)30)27-19(18)15-4-1-3-14(11-15)17-5-2-10-24-20(17)28/h1-5,10-13,16H,6-9H2,(H,24,28)(H,29,30)(H,25,26,27)/t13-,16-. The van der Waals surface area contributed by atoms with E-state index in [1.54, 1.807) is 42.6 Å². The number of carbonyl (C=O) groups is 1. The molecule has 0 radical (unpaired) electrons. The van der Waals surface area contributed by atoms with Crippen molar-refractivity contribution in [2.24, 2.45) is 5.92 Å². The van der Waals surface area contributed by atoms with Gasteiger partial charge in [-0.2, -0.15) is 0 Å². The van der Waals surface area contributed by atoms with Crippen molar-refractivity contribution in [3.05, 3.63) is 65.0 Å². The lowest BCUT2D eigenvalue weighted by atomic mass is 9.86. The molecule has 1 aliphatic rings. The maximum Gasteiger partial charge on any atom is 0.306 e. The summed E-state index contributed by atoms with van der Waals surface area (Å²) in [6.07, 6.45) is 5.25. The van der Waals surface area contributed by atoms with Gasteiger partial charge in [0.25, 0.3) is 5.56 Å². The highest BCUT2D eigenvalue weighted by atomic mass is 19.1. The molecule has 7 nitrogen and oxygen atoms in total. The first-order valence-corrected chi connectivity index (χ1v) is 9.81. The molecule has 8 heteroatoms. The molecule has 0 bridgehead atoms. The fraction of sp³-hybridized carbons (Fsp3) is 0.273. The van der Waals surface area contributed by atoms with E-state index in [4.69, 9.17) is 5.11 Å². The van der Waals surface area contributed by atoms with Gasteiger partial charge in [0.15, 0.2) is 5.82 Å². The summed E-state index contributed by atoms with van der Waals surface area (Å²) in [6, 6.07) is 10.5. The monoisotopic (exact) mass is 408 g/mol. The topological polar surface area (TPSA) is 108 Å². The largest absolute Gasteiger partial charge is 0.481 e. The summed E-state index contributed by atoms with van der Waals surface area (Å²) in [5.41, 5.74) is 1.60. The summed E-state index contributed by atoms with van der Waals surface area (Å²) in [7, 11) is 0. The molecule has 154 valence electrons. The summed E-state index contributed by atoms with van der Waals surface area (Å²) in [5, 5.41) is 12.3. The number of anilines is 1. The molecule has 0 atom stereocenters. The van der Waals surface area contributed by atoms with E-state index >= 15 is 0 Å². The molecule has 1 saturated carbocycles. The Hall–Kier alpha value is -3.55. The van der Waals surface area contributed by atoms with E-state index in [0.717, 1.165) is 6.20 Å². The van der Waals surface area contributed by atoms with Crippen molar-refractivity contribution in [1.29, 1.82) is 0 Å². The van der Waals surface area contributed by atoms with E-state index < -0.39 is 11.8 Å². The summed E-state index contributed by atoms with van der Waals surface area (Å²) in [4.78, 5) is 34.2. The predicted octanol–water partition coefficient (Wildman–Crippen LogP) is 3.69. The third-order valence-electron chi connectivity index (χ3n) is 5.42. The first-order valence-electron chi connectivity index (χ1n) is 9.81. The highest BCUT2D eigenvalue weighted by Crippen LogP contribution is 2.28. The SMILES string of the molecule is O=c1[nH]cccc1-c1cccc(-c2nc(N[C@H]3CC[C@H](C(=O)O)CC3)ncc2F)c1. The van der Waals surface area contributed by atoms with Crippen LogP contribution in [0.2, 0.25) is 0 Å². The normalized spacial score (nSPS) is 18.7. The van der Waals surface area contributed by atoms with E-state index in [-0.39, 0.29) is 23.2 Å². The fourth-order valence-corrected chi connectivity index (χ4v) is 3.79. The van der Waals surface area contributed by atoms with Crippen LogP contribution in [0.15, 0.2) is 53.6 Å². The molecule has 1 fully saturated rings. The molecule has 3 aromatic rings. The molecular formula is C22H21FN4O3. The Labute approximate surface area is 172 Å². The van der Waals surface area contributed by atoms with Gasteiger partial charge in [0.2, 0.25) is 5.95 Å². The van der Waals surface area contributed by atoms with Crippen LogP contribution < -0.4 is 10.9 Å². The summed E-state index contributed by atoms with van der Waals surface area (Å²) >= 11 is 0. The number of carboxylic acid groups (broad SMARTS) is 1. The lowest BCUT2D eigenvalue weighted by Gasteiger charge is -2.26. The van der Waals surface area contributed by atoms with Crippen molar-refractivity contribution in [2.75, 3.05) is 5.32 Å². The van der Waals surface area contributed by atoms with E-state index in [2.05, 4.69) is 20.3 Å². The second kappa shape index (κ2) is 8.44. The Morgan fingerprint density at radius 1 is 1.13 bits per heavy atom. The number of H-pyrrole nitrogens is 1. The van der Waals surface area contributed by atoms with E-state index in [9.17, 15) is 14.0 Å². The maximum absolute atomic E-state index is 14.5. The Morgan fingerprint density at radius 2 is 1.90 bits per heavy atom. The second-order valence-corrected chi connectivity index (χ2v) is 7.42. The molecule has 0 spiro atoms. The zero-order valence-corrected chi connectivity index (χ0v) is 16.1. The molecule has 0 aliphatic heterocycles. The van der Waals surface area contributed by atoms with Gasteiger partial charge in [-0.1, -0.05) is 18.2 Å². The van der Waals surface area contributed by atoms with Gasteiger partial charge in [-0.05, 0) is 49.4 Å². The lowest BCUT2D eigenvalue weighted by molar-refractivity contribution is -0.142. The molecular weight excluding hydrogens is 387 g/mol. The number of aromatic amines is 1. The number of halogens is 1. The minimum Gasteiger partial charge on any atom is -0.481 e. The van der Waals surface area contributed by atoms with Crippen LogP contribution in [0.3, 0.4) is 0 Å². The van der Waals surface area contributed by atoms with Crippen molar-refractivity contribution in [3.63, 3.8) is 0 Å². The van der Waals surface area contributed by atoms with Crippen LogP contribution in [0.5, 0.6) is 0 Å². The van der Waals surface area contributed by atoms with Gasteiger partial charge in [-0.3, -0.25) is 9.59 Å². The third-order valence-corrected chi connectivity index (χ3v) is 5.42. The van der Waals surface area contributed by atoms with Crippen LogP contribution in [0, 0.1) is 11.7 Å². The minimum atomic E-state index is -0.758. The average molecular weight is 408 g/mol. The number of aliphatic carboxylic acids is 1. The van der Waals surface area contributed by atoms with Crippen molar-refractivity contribution < 1.29 is 14.3 Å². The van der Waals surface area contributed by atoms with Crippen LogP contribution in [0.4, 0.5) is 10.3 Å². The van der Waals surface area contributed by atoms with Gasteiger partial charge in [0.05, 0.1) is 12.1 Å². The average Bonchev–Trinajstić information content (AvgIpc) is 2.76. The van der Waals surface area contributed by atoms with Crippen LogP contribution >= 0.6 is 0 Å². The smallest absolute Gasteiger partial charge is 0.306 e. The molecule has 1 aliphatic carbocycles. The zero-order chi connectivity index (χ0) is 21.1. The Balaban J connectivity index is 1.57. The Morgan fingerprint density at radius 3 is 2.63 bits per heavy atom. The van der Waals surface area contributed by atoms with E-state index in [1.807, 2.05) is 0 Å². The van der Waals surface area contributed by atoms with E-state index in [0.29, 0.717) is 48.3 Å². The summed E-state index contributed by atoms with van der Waals surface area (Å²) in [5.74, 6) is -1.33. The van der Waals surface area contributed by atoms with Crippen molar-refractivity contribution in [1.82, 2.24) is 15.0 Å². The molecule has 2 heterocycles. The Bertz CT molecular complexity index is 1120. The predicted molar refractivity (Wildman–Crippen MR) is 110 cm³/mol. The van der Waals surface area contributed by atoms with Crippen LogP contribution in [0.25, 0.3) is 22.4 Å². The highest BCUT2D eigenvalue weighted by molar-refractivity contribution is 5.71. The lowest BCUT2D eigenvalue weighted by Crippen LogP contribution is -2.29. The summed E-state index contributed by atoms with van der Waals surface area (Å²) < 4.78 is 14.5. The number of pyridine rings is 1. The van der Waals surface area contributed by atoms with Crippen LogP contribution in [-0.4, -0.2) is 32.1 Å². The van der Waals surface area contributed by atoms with Gasteiger partial charge < -0.3 is 15.4 Å². The van der Waals surface area contributed by atoms with E-state index in [1.165, 1.54) is 0 Å². The Kier molecular flexibility index (Phi) is 5.56. The molecule has 0 amide bonds. The number of benzene rings is 1. The van der Waals surface area contributed by atoms with Crippen LogP contribution in [-0.2, 0) is 4.79 Å². The van der Waals surface area contributed by atoms with Gasteiger partial charge in [0, 0.05) is 23.4 Å². The number of rotatable bonds is 5. The zero-order valence-electron chi connectivity index (χ0n) is 16.1.